The van der Waals surface area contributed by atoms with E-state index < -0.39 is 6.04 Å². The molecule has 0 aliphatic carbocycles. The van der Waals surface area contributed by atoms with Gasteiger partial charge in [0.1, 0.15) is 17.1 Å². The Hall–Kier alpha value is -3.80. The van der Waals surface area contributed by atoms with Crippen molar-refractivity contribution in [1.29, 1.82) is 0 Å². The third-order valence-corrected chi connectivity index (χ3v) is 4.63. The van der Waals surface area contributed by atoms with Gasteiger partial charge in [0.25, 0.3) is 0 Å². The van der Waals surface area contributed by atoms with Crippen molar-refractivity contribution in [3.05, 3.63) is 83.7 Å². The van der Waals surface area contributed by atoms with Crippen LogP contribution in [0.5, 0.6) is 17.2 Å². The third kappa shape index (κ3) is 3.16. The molecular formula is C22H19N3O3. The third-order valence-electron chi connectivity index (χ3n) is 4.63. The molecule has 0 saturated heterocycles. The van der Waals surface area contributed by atoms with E-state index in [1.165, 1.54) is 6.07 Å². The van der Waals surface area contributed by atoms with E-state index >= 15 is 0 Å². The van der Waals surface area contributed by atoms with E-state index in [4.69, 9.17) is 0 Å². The average Bonchev–Trinajstić information content (AvgIpc) is 2.70. The van der Waals surface area contributed by atoms with Gasteiger partial charge in [-0.15, -0.1) is 0 Å². The van der Waals surface area contributed by atoms with Crippen molar-refractivity contribution in [3.63, 3.8) is 0 Å². The Kier molecular flexibility index (Phi) is 4.45. The molecule has 140 valence electrons. The van der Waals surface area contributed by atoms with Crippen molar-refractivity contribution < 1.29 is 15.3 Å². The fraction of sp³-hybridized carbons (Fsp3) is 0.0909. The first-order valence-corrected chi connectivity index (χ1v) is 8.82. The molecule has 2 aromatic heterocycles. The summed E-state index contributed by atoms with van der Waals surface area (Å²) in [4.78, 5) is 8.73. The molecular weight excluding hydrogens is 354 g/mol. The number of rotatable bonds is 4. The number of aryl methyl sites for hydroxylation is 1. The lowest BCUT2D eigenvalue weighted by Crippen LogP contribution is -2.14. The molecule has 0 fully saturated rings. The summed E-state index contributed by atoms with van der Waals surface area (Å²) in [6.07, 6.45) is 1.65. The van der Waals surface area contributed by atoms with Crippen LogP contribution in [-0.4, -0.2) is 25.3 Å². The number of anilines is 1. The molecule has 2 aromatic carbocycles. The molecule has 4 rings (SSSR count). The Morgan fingerprint density at radius 2 is 1.61 bits per heavy atom. The molecule has 0 saturated carbocycles. The molecule has 6 heteroatoms. The number of aromatic hydroxyl groups is 3. The minimum absolute atomic E-state index is 0.0115. The van der Waals surface area contributed by atoms with E-state index in [-0.39, 0.29) is 17.2 Å². The second kappa shape index (κ2) is 7.08. The summed E-state index contributed by atoms with van der Waals surface area (Å²) in [5, 5.41) is 35.4. The number of aromatic nitrogens is 2. The largest absolute Gasteiger partial charge is 0.505 e. The van der Waals surface area contributed by atoms with Crippen molar-refractivity contribution in [1.82, 2.24) is 9.97 Å². The molecule has 0 bridgehead atoms. The zero-order valence-corrected chi connectivity index (χ0v) is 15.2. The van der Waals surface area contributed by atoms with Gasteiger partial charge in [-0.3, -0.25) is 0 Å². The maximum absolute atomic E-state index is 11.0. The van der Waals surface area contributed by atoms with Crippen LogP contribution in [-0.2, 0) is 0 Å². The number of pyridine rings is 2. The molecule has 2 heterocycles. The minimum Gasteiger partial charge on any atom is -0.505 e. The van der Waals surface area contributed by atoms with Gasteiger partial charge in [0.05, 0.1) is 6.04 Å². The van der Waals surface area contributed by atoms with Crippen LogP contribution in [0.3, 0.4) is 0 Å². The summed E-state index contributed by atoms with van der Waals surface area (Å²) in [6, 6.07) is 16.9. The molecule has 0 amide bonds. The van der Waals surface area contributed by atoms with Crippen LogP contribution < -0.4 is 5.32 Å². The second-order valence-electron chi connectivity index (χ2n) is 6.54. The van der Waals surface area contributed by atoms with E-state index in [1.54, 1.807) is 36.5 Å². The van der Waals surface area contributed by atoms with Crippen molar-refractivity contribution in [2.45, 2.75) is 13.0 Å². The second-order valence-corrected chi connectivity index (χ2v) is 6.54. The summed E-state index contributed by atoms with van der Waals surface area (Å²) < 4.78 is 0. The number of fused-ring (bicyclic) bond motifs is 1. The van der Waals surface area contributed by atoms with Crippen LogP contribution in [0.4, 0.5) is 5.82 Å². The fourth-order valence-electron chi connectivity index (χ4n) is 3.22. The summed E-state index contributed by atoms with van der Waals surface area (Å²) >= 11 is 0. The summed E-state index contributed by atoms with van der Waals surface area (Å²) in [5.74, 6) is 0.0801. The van der Waals surface area contributed by atoms with Crippen molar-refractivity contribution in [2.24, 2.45) is 0 Å². The van der Waals surface area contributed by atoms with Crippen LogP contribution in [0, 0.1) is 6.92 Å². The summed E-state index contributed by atoms with van der Waals surface area (Å²) in [5.41, 5.74) is 2.18. The molecule has 0 radical (unpaired) electrons. The normalized spacial score (nSPS) is 12.0. The number of nitrogens with one attached hydrogen (secondary N) is 1. The van der Waals surface area contributed by atoms with Gasteiger partial charge in [-0.05, 0) is 31.2 Å². The Bertz CT molecular complexity index is 1150. The molecule has 6 nitrogen and oxygen atoms in total. The fourth-order valence-corrected chi connectivity index (χ4v) is 3.22. The Balaban J connectivity index is 1.91. The standard InChI is InChI=1S/C22H19N3O3/c1-13-8-9-14-10-11-16(22(28)19(14)24-13)20(25-18-7-2-3-12-23-18)15-5-4-6-17(26)21(15)27/h2-12,20,26-28H,1H3,(H,23,25). The molecule has 0 aliphatic heterocycles. The lowest BCUT2D eigenvalue weighted by Gasteiger charge is -2.23. The van der Waals surface area contributed by atoms with E-state index in [2.05, 4.69) is 15.3 Å². The maximum Gasteiger partial charge on any atom is 0.163 e. The minimum atomic E-state index is -0.659. The van der Waals surface area contributed by atoms with E-state index in [9.17, 15) is 15.3 Å². The maximum atomic E-state index is 11.0. The number of para-hydroxylation sites is 1. The Morgan fingerprint density at radius 3 is 2.39 bits per heavy atom. The van der Waals surface area contributed by atoms with Crippen molar-refractivity contribution in [2.75, 3.05) is 5.32 Å². The lowest BCUT2D eigenvalue weighted by atomic mass is 9.95. The molecule has 28 heavy (non-hydrogen) atoms. The first-order chi connectivity index (χ1) is 13.5. The topological polar surface area (TPSA) is 98.5 Å². The first kappa shape index (κ1) is 17.6. The number of hydrogen-bond donors (Lipinski definition) is 4. The predicted octanol–water partition coefficient (Wildman–Crippen LogP) is 4.26. The van der Waals surface area contributed by atoms with Gasteiger partial charge in [-0.2, -0.15) is 0 Å². The highest BCUT2D eigenvalue weighted by atomic mass is 16.3. The number of benzene rings is 2. The molecule has 4 N–H and O–H groups in total. The molecule has 0 aliphatic rings. The number of phenolic OH excluding ortho intramolecular Hbond substituents is 3. The predicted molar refractivity (Wildman–Crippen MR) is 108 cm³/mol. The molecule has 4 aromatic rings. The van der Waals surface area contributed by atoms with Crippen LogP contribution in [0.1, 0.15) is 22.9 Å². The van der Waals surface area contributed by atoms with Crippen LogP contribution >= 0.6 is 0 Å². The monoisotopic (exact) mass is 373 g/mol. The quantitative estimate of drug-likeness (QED) is 0.399. The van der Waals surface area contributed by atoms with Gasteiger partial charge in [-0.1, -0.05) is 36.4 Å². The zero-order valence-electron chi connectivity index (χ0n) is 15.2. The highest BCUT2D eigenvalue weighted by Gasteiger charge is 2.24. The highest BCUT2D eigenvalue weighted by Crippen LogP contribution is 2.41. The number of phenols is 3. The summed E-state index contributed by atoms with van der Waals surface area (Å²) in [7, 11) is 0. The van der Waals surface area contributed by atoms with Crippen molar-refractivity contribution in [3.8, 4) is 17.2 Å². The molecule has 1 atom stereocenters. The number of hydrogen-bond acceptors (Lipinski definition) is 6. The Labute approximate surface area is 161 Å². The molecule has 1 unspecified atom stereocenters. The van der Waals surface area contributed by atoms with Gasteiger partial charge in [-0.25, -0.2) is 9.97 Å². The average molecular weight is 373 g/mol. The Morgan fingerprint density at radius 1 is 0.821 bits per heavy atom. The van der Waals surface area contributed by atoms with Gasteiger partial charge in [0.2, 0.25) is 0 Å². The molecule has 0 spiro atoms. The zero-order chi connectivity index (χ0) is 19.7. The van der Waals surface area contributed by atoms with Crippen LogP contribution in [0.2, 0.25) is 0 Å². The highest BCUT2D eigenvalue weighted by molar-refractivity contribution is 5.86. The first-order valence-electron chi connectivity index (χ1n) is 8.82. The lowest BCUT2D eigenvalue weighted by molar-refractivity contribution is 0.398. The van der Waals surface area contributed by atoms with Gasteiger partial charge < -0.3 is 20.6 Å². The van der Waals surface area contributed by atoms with Gasteiger partial charge in [0.15, 0.2) is 11.5 Å². The van der Waals surface area contributed by atoms with Crippen LogP contribution in [0.15, 0.2) is 66.9 Å². The smallest absolute Gasteiger partial charge is 0.163 e. The van der Waals surface area contributed by atoms with E-state index in [0.717, 1.165) is 11.1 Å². The van der Waals surface area contributed by atoms with Crippen molar-refractivity contribution >= 4 is 16.7 Å². The van der Waals surface area contributed by atoms with Gasteiger partial charge >= 0.3 is 0 Å². The van der Waals surface area contributed by atoms with Gasteiger partial charge in [0, 0.05) is 28.4 Å². The number of nitrogens with zero attached hydrogens (tertiary/aromatic N) is 2. The van der Waals surface area contributed by atoms with E-state index in [0.29, 0.717) is 22.5 Å². The SMILES string of the molecule is Cc1ccc2ccc(C(Nc3ccccn3)c3cccc(O)c3O)c(O)c2n1. The van der Waals surface area contributed by atoms with Crippen LogP contribution in [0.25, 0.3) is 10.9 Å². The summed E-state index contributed by atoms with van der Waals surface area (Å²) in [6.45, 7) is 1.86. The van der Waals surface area contributed by atoms with E-state index in [1.807, 2.05) is 31.2 Å².